The van der Waals surface area contributed by atoms with Crippen LogP contribution in [-0.2, 0) is 0 Å². The lowest BCUT2D eigenvalue weighted by atomic mass is 10.1. The van der Waals surface area contributed by atoms with Crippen molar-refractivity contribution in [3.05, 3.63) is 52.7 Å². The Labute approximate surface area is 163 Å². The van der Waals surface area contributed by atoms with Crippen LogP contribution in [0.25, 0.3) is 22.3 Å². The van der Waals surface area contributed by atoms with Crippen LogP contribution in [-0.4, -0.2) is 29.4 Å². The number of hydrogen-bond donors (Lipinski definition) is 3. The third kappa shape index (κ3) is 4.46. The van der Waals surface area contributed by atoms with Gasteiger partial charge in [-0.3, -0.25) is 4.79 Å². The Bertz CT molecular complexity index is 995. The lowest BCUT2D eigenvalue weighted by molar-refractivity contribution is 0.288. The number of aromatic hydroxyl groups is 2. The first-order valence-electron chi connectivity index (χ1n) is 9.41. The summed E-state index contributed by atoms with van der Waals surface area (Å²) in [7, 11) is 0. The largest absolute Gasteiger partial charge is 0.507 e. The first kappa shape index (κ1) is 19.8. The average Bonchev–Trinajstić information content (AvgIpc) is 2.66. The van der Waals surface area contributed by atoms with E-state index in [-0.39, 0.29) is 28.2 Å². The monoisotopic (exact) mass is 383 g/mol. The second-order valence-corrected chi connectivity index (χ2v) is 6.95. The third-order valence-corrected chi connectivity index (χ3v) is 4.34. The zero-order valence-corrected chi connectivity index (χ0v) is 16.1. The summed E-state index contributed by atoms with van der Waals surface area (Å²) in [5.41, 5.74) is 0.364. The van der Waals surface area contributed by atoms with Crippen LogP contribution in [0.1, 0.15) is 26.7 Å². The molecular weight excluding hydrogens is 358 g/mol. The second kappa shape index (κ2) is 8.80. The molecule has 6 nitrogen and oxygen atoms in total. The maximum absolute atomic E-state index is 12.6. The maximum atomic E-state index is 12.6. The SMILES string of the molecule is CC(C)NCCCCOc1c(O)cc(O)c2c(=O)cc(-c3ccccc3)oc12. The van der Waals surface area contributed by atoms with E-state index in [1.807, 2.05) is 30.3 Å². The van der Waals surface area contributed by atoms with Crippen LogP contribution in [0.4, 0.5) is 0 Å². The number of rotatable bonds is 8. The van der Waals surface area contributed by atoms with Crippen molar-refractivity contribution in [1.29, 1.82) is 0 Å². The molecule has 2 aromatic carbocycles. The number of hydrogen-bond acceptors (Lipinski definition) is 6. The Hall–Kier alpha value is -2.99. The van der Waals surface area contributed by atoms with Gasteiger partial charge in [-0.2, -0.15) is 0 Å². The number of phenols is 2. The van der Waals surface area contributed by atoms with Gasteiger partial charge in [0.15, 0.2) is 16.8 Å². The smallest absolute Gasteiger partial charge is 0.205 e. The van der Waals surface area contributed by atoms with E-state index in [9.17, 15) is 15.0 Å². The third-order valence-electron chi connectivity index (χ3n) is 4.34. The highest BCUT2D eigenvalue weighted by atomic mass is 16.5. The van der Waals surface area contributed by atoms with Crippen molar-refractivity contribution < 1.29 is 19.4 Å². The fraction of sp³-hybridized carbons (Fsp3) is 0.318. The number of benzene rings is 2. The summed E-state index contributed by atoms with van der Waals surface area (Å²) in [6, 6.07) is 12.0. The topological polar surface area (TPSA) is 91.9 Å². The molecule has 0 aliphatic carbocycles. The minimum absolute atomic E-state index is 0.00560. The second-order valence-electron chi connectivity index (χ2n) is 6.95. The Kier molecular flexibility index (Phi) is 6.21. The van der Waals surface area contributed by atoms with E-state index < -0.39 is 5.43 Å². The van der Waals surface area contributed by atoms with Gasteiger partial charge in [0.25, 0.3) is 0 Å². The van der Waals surface area contributed by atoms with Gasteiger partial charge < -0.3 is 24.7 Å². The predicted molar refractivity (Wildman–Crippen MR) is 109 cm³/mol. The number of ether oxygens (including phenoxy) is 1. The zero-order chi connectivity index (χ0) is 20.1. The summed E-state index contributed by atoms with van der Waals surface area (Å²) < 4.78 is 11.6. The molecule has 1 aromatic heterocycles. The summed E-state index contributed by atoms with van der Waals surface area (Å²) in [4.78, 5) is 12.6. The number of phenolic OH excluding ortho intramolecular Hbond substituents is 2. The standard InChI is InChI=1S/C22H25NO5/c1-14(2)23-10-6-7-11-27-21-18(26)12-16(24)20-17(25)13-19(28-22(20)21)15-8-4-3-5-9-15/h3-5,8-9,12-14,23-24,26H,6-7,10-11H2,1-2H3. The van der Waals surface area contributed by atoms with Crippen LogP contribution in [0.15, 0.2) is 51.7 Å². The van der Waals surface area contributed by atoms with E-state index in [0.29, 0.717) is 18.4 Å². The summed E-state index contributed by atoms with van der Waals surface area (Å²) >= 11 is 0. The van der Waals surface area contributed by atoms with Crippen LogP contribution >= 0.6 is 0 Å². The Morgan fingerprint density at radius 3 is 2.54 bits per heavy atom. The predicted octanol–water partition coefficient (Wildman–Crippen LogP) is 4.03. The molecule has 0 aliphatic rings. The summed E-state index contributed by atoms with van der Waals surface area (Å²) in [6.45, 7) is 5.40. The lowest BCUT2D eigenvalue weighted by Gasteiger charge is -2.13. The molecule has 0 saturated heterocycles. The highest BCUT2D eigenvalue weighted by molar-refractivity contribution is 5.91. The van der Waals surface area contributed by atoms with Crippen LogP contribution < -0.4 is 15.5 Å². The zero-order valence-electron chi connectivity index (χ0n) is 16.1. The Morgan fingerprint density at radius 1 is 1.07 bits per heavy atom. The van der Waals surface area contributed by atoms with Gasteiger partial charge in [0, 0.05) is 23.7 Å². The van der Waals surface area contributed by atoms with Gasteiger partial charge in [-0.25, -0.2) is 0 Å². The number of unbranched alkanes of at least 4 members (excludes halogenated alkanes) is 1. The molecule has 0 fully saturated rings. The van der Waals surface area contributed by atoms with Gasteiger partial charge in [0.1, 0.15) is 16.9 Å². The van der Waals surface area contributed by atoms with Crippen LogP contribution in [0.2, 0.25) is 0 Å². The minimum Gasteiger partial charge on any atom is -0.507 e. The molecule has 0 unspecified atom stereocenters. The summed E-state index contributed by atoms with van der Waals surface area (Å²) in [6.07, 6.45) is 1.68. The van der Waals surface area contributed by atoms with Gasteiger partial charge in [0.2, 0.25) is 5.75 Å². The van der Waals surface area contributed by atoms with Crippen LogP contribution in [0.3, 0.4) is 0 Å². The molecule has 0 bridgehead atoms. The van der Waals surface area contributed by atoms with E-state index in [0.717, 1.165) is 31.0 Å². The average molecular weight is 383 g/mol. The Balaban J connectivity index is 1.91. The van der Waals surface area contributed by atoms with Gasteiger partial charge in [0.05, 0.1) is 6.61 Å². The molecule has 148 valence electrons. The van der Waals surface area contributed by atoms with Gasteiger partial charge in [-0.1, -0.05) is 44.2 Å². The summed E-state index contributed by atoms with van der Waals surface area (Å²) in [5, 5.41) is 23.7. The molecule has 0 atom stereocenters. The molecule has 0 amide bonds. The Morgan fingerprint density at radius 2 is 1.82 bits per heavy atom. The van der Waals surface area contributed by atoms with Crippen molar-refractivity contribution in [1.82, 2.24) is 5.32 Å². The molecule has 6 heteroatoms. The van der Waals surface area contributed by atoms with Gasteiger partial charge in [-0.05, 0) is 19.4 Å². The van der Waals surface area contributed by atoms with Crippen molar-refractivity contribution in [2.75, 3.05) is 13.2 Å². The van der Waals surface area contributed by atoms with E-state index in [2.05, 4.69) is 19.2 Å². The number of fused-ring (bicyclic) bond motifs is 1. The maximum Gasteiger partial charge on any atom is 0.205 e. The van der Waals surface area contributed by atoms with Crippen molar-refractivity contribution in [2.45, 2.75) is 32.7 Å². The molecular formula is C22H25NO5. The molecule has 3 aromatic rings. The lowest BCUT2D eigenvalue weighted by Crippen LogP contribution is -2.23. The molecule has 1 heterocycles. The van der Waals surface area contributed by atoms with Gasteiger partial charge >= 0.3 is 0 Å². The van der Waals surface area contributed by atoms with Crippen molar-refractivity contribution in [3.63, 3.8) is 0 Å². The fourth-order valence-corrected chi connectivity index (χ4v) is 2.96. The van der Waals surface area contributed by atoms with E-state index in [1.54, 1.807) is 0 Å². The molecule has 0 spiro atoms. The van der Waals surface area contributed by atoms with Crippen LogP contribution in [0.5, 0.6) is 17.2 Å². The van der Waals surface area contributed by atoms with Crippen molar-refractivity contribution in [3.8, 4) is 28.6 Å². The van der Waals surface area contributed by atoms with E-state index in [4.69, 9.17) is 9.15 Å². The normalized spacial score (nSPS) is 11.2. The summed E-state index contributed by atoms with van der Waals surface area (Å²) in [5.74, 6) is -0.193. The van der Waals surface area contributed by atoms with Crippen molar-refractivity contribution in [2.24, 2.45) is 0 Å². The van der Waals surface area contributed by atoms with E-state index in [1.165, 1.54) is 6.07 Å². The molecule has 28 heavy (non-hydrogen) atoms. The quantitative estimate of drug-likeness (QED) is 0.509. The highest BCUT2D eigenvalue weighted by Crippen LogP contribution is 2.40. The molecule has 0 radical (unpaired) electrons. The molecule has 3 N–H and O–H groups in total. The first-order chi connectivity index (χ1) is 13.5. The van der Waals surface area contributed by atoms with Crippen LogP contribution in [0, 0.1) is 0 Å². The highest BCUT2D eigenvalue weighted by Gasteiger charge is 2.19. The van der Waals surface area contributed by atoms with E-state index >= 15 is 0 Å². The molecule has 0 aliphatic heterocycles. The van der Waals surface area contributed by atoms with Crippen molar-refractivity contribution >= 4 is 11.0 Å². The fourth-order valence-electron chi connectivity index (χ4n) is 2.96. The molecule has 0 saturated carbocycles. The van der Waals surface area contributed by atoms with Gasteiger partial charge in [-0.15, -0.1) is 0 Å². The molecule has 3 rings (SSSR count). The first-order valence-corrected chi connectivity index (χ1v) is 9.41. The number of nitrogens with one attached hydrogen (secondary N) is 1. The minimum atomic E-state index is -0.399.